The molecule has 1 nitrogen and oxygen atoms in total. The van der Waals surface area contributed by atoms with Crippen molar-refractivity contribution in [3.05, 3.63) is 34.4 Å². The standard InChI is InChI=1S/C10H11F3O/c1-6-3-7(2)9(10(11,12)13)4-8(6)5-14/h3-4,14H,5H2,1-2H3. The van der Waals surface area contributed by atoms with E-state index >= 15 is 0 Å². The van der Waals surface area contributed by atoms with Crippen molar-refractivity contribution in [2.24, 2.45) is 0 Å². The summed E-state index contributed by atoms with van der Waals surface area (Å²) < 4.78 is 37.2. The Hall–Kier alpha value is -1.03. The zero-order valence-corrected chi connectivity index (χ0v) is 7.94. The van der Waals surface area contributed by atoms with Gasteiger partial charge in [-0.3, -0.25) is 0 Å². The van der Waals surface area contributed by atoms with E-state index in [-0.39, 0.29) is 12.2 Å². The first-order valence-electron chi connectivity index (χ1n) is 4.14. The third-order valence-corrected chi connectivity index (χ3v) is 2.16. The van der Waals surface area contributed by atoms with Crippen LogP contribution in [0.4, 0.5) is 13.2 Å². The van der Waals surface area contributed by atoms with E-state index < -0.39 is 11.7 Å². The van der Waals surface area contributed by atoms with E-state index in [1.807, 2.05) is 0 Å². The fourth-order valence-electron chi connectivity index (χ4n) is 1.37. The molecule has 0 aliphatic carbocycles. The van der Waals surface area contributed by atoms with Crippen molar-refractivity contribution in [1.29, 1.82) is 0 Å². The lowest BCUT2D eigenvalue weighted by atomic mass is 10.00. The molecule has 0 atom stereocenters. The first-order valence-corrected chi connectivity index (χ1v) is 4.14. The van der Waals surface area contributed by atoms with E-state index in [9.17, 15) is 13.2 Å². The molecule has 0 aliphatic heterocycles. The summed E-state index contributed by atoms with van der Waals surface area (Å²) >= 11 is 0. The van der Waals surface area contributed by atoms with Gasteiger partial charge in [0.1, 0.15) is 0 Å². The summed E-state index contributed by atoms with van der Waals surface area (Å²) in [5.74, 6) is 0. The maximum atomic E-state index is 12.4. The molecule has 1 aromatic carbocycles. The Morgan fingerprint density at radius 2 is 1.71 bits per heavy atom. The highest BCUT2D eigenvalue weighted by atomic mass is 19.4. The molecule has 0 saturated heterocycles. The van der Waals surface area contributed by atoms with Crippen LogP contribution in [0.1, 0.15) is 22.3 Å². The highest BCUT2D eigenvalue weighted by molar-refractivity contribution is 5.38. The van der Waals surface area contributed by atoms with Crippen LogP contribution in [0.2, 0.25) is 0 Å². The quantitative estimate of drug-likeness (QED) is 0.745. The predicted molar refractivity (Wildman–Crippen MR) is 46.8 cm³/mol. The second kappa shape index (κ2) is 3.61. The lowest BCUT2D eigenvalue weighted by Gasteiger charge is -2.13. The topological polar surface area (TPSA) is 20.2 Å². The summed E-state index contributed by atoms with van der Waals surface area (Å²) in [7, 11) is 0. The Morgan fingerprint density at radius 1 is 1.14 bits per heavy atom. The van der Waals surface area contributed by atoms with Crippen LogP contribution in [0.5, 0.6) is 0 Å². The zero-order valence-electron chi connectivity index (χ0n) is 7.94. The molecule has 4 heteroatoms. The SMILES string of the molecule is Cc1cc(C)c(C(F)(F)F)cc1CO. The second-order valence-electron chi connectivity index (χ2n) is 3.25. The second-order valence-corrected chi connectivity index (χ2v) is 3.25. The maximum Gasteiger partial charge on any atom is 0.416 e. The molecule has 0 fully saturated rings. The van der Waals surface area contributed by atoms with Gasteiger partial charge in [-0.1, -0.05) is 6.07 Å². The van der Waals surface area contributed by atoms with Crippen molar-refractivity contribution in [3.8, 4) is 0 Å². The normalized spacial score (nSPS) is 11.9. The van der Waals surface area contributed by atoms with Gasteiger partial charge in [0.2, 0.25) is 0 Å². The number of aliphatic hydroxyl groups excluding tert-OH is 1. The van der Waals surface area contributed by atoms with Gasteiger partial charge < -0.3 is 5.11 Å². The largest absolute Gasteiger partial charge is 0.416 e. The molecule has 0 bridgehead atoms. The summed E-state index contributed by atoms with van der Waals surface area (Å²) in [6.07, 6.45) is -4.35. The van der Waals surface area contributed by atoms with Gasteiger partial charge in [-0.05, 0) is 36.6 Å². The number of rotatable bonds is 1. The Labute approximate surface area is 80.2 Å². The van der Waals surface area contributed by atoms with Crippen LogP contribution in [0.25, 0.3) is 0 Å². The monoisotopic (exact) mass is 204 g/mol. The Kier molecular flexibility index (Phi) is 2.85. The minimum atomic E-state index is -4.35. The summed E-state index contributed by atoms with van der Waals surface area (Å²) in [5, 5.41) is 8.83. The number of aryl methyl sites for hydroxylation is 2. The number of hydrogen-bond donors (Lipinski definition) is 1. The number of benzene rings is 1. The van der Waals surface area contributed by atoms with Crippen LogP contribution >= 0.6 is 0 Å². The minimum Gasteiger partial charge on any atom is -0.392 e. The van der Waals surface area contributed by atoms with Crippen LogP contribution in [0, 0.1) is 13.8 Å². The molecule has 14 heavy (non-hydrogen) atoms. The number of halogens is 3. The molecule has 1 N–H and O–H groups in total. The van der Waals surface area contributed by atoms with Crippen LogP contribution in [-0.4, -0.2) is 5.11 Å². The molecule has 1 rings (SSSR count). The Balaban J connectivity index is 3.32. The molecule has 1 aromatic rings. The third kappa shape index (κ3) is 2.07. The van der Waals surface area contributed by atoms with Crippen LogP contribution in [-0.2, 0) is 12.8 Å². The number of alkyl halides is 3. The smallest absolute Gasteiger partial charge is 0.392 e. The molecule has 0 spiro atoms. The first-order chi connectivity index (χ1) is 6.36. The molecule has 0 aliphatic rings. The van der Waals surface area contributed by atoms with E-state index in [1.165, 1.54) is 13.0 Å². The summed E-state index contributed by atoms with van der Waals surface area (Å²) in [4.78, 5) is 0. The van der Waals surface area contributed by atoms with E-state index in [0.717, 1.165) is 6.07 Å². The molecule has 0 amide bonds. The van der Waals surface area contributed by atoms with Crippen molar-refractivity contribution in [2.45, 2.75) is 26.6 Å². The highest BCUT2D eigenvalue weighted by Gasteiger charge is 2.32. The van der Waals surface area contributed by atoms with Crippen molar-refractivity contribution in [1.82, 2.24) is 0 Å². The summed E-state index contributed by atoms with van der Waals surface area (Å²) in [6.45, 7) is 2.73. The minimum absolute atomic E-state index is 0.187. The molecular weight excluding hydrogens is 193 g/mol. The van der Waals surface area contributed by atoms with Gasteiger partial charge in [-0.15, -0.1) is 0 Å². The van der Waals surface area contributed by atoms with Crippen LogP contribution in [0.15, 0.2) is 12.1 Å². The molecule has 0 heterocycles. The molecular formula is C10H11F3O. The summed E-state index contributed by atoms with van der Waals surface area (Å²) in [5.41, 5.74) is 0.514. The number of aliphatic hydroxyl groups is 1. The molecule has 0 unspecified atom stereocenters. The zero-order chi connectivity index (χ0) is 10.9. The van der Waals surface area contributed by atoms with Crippen molar-refractivity contribution in [2.75, 3.05) is 0 Å². The average Bonchev–Trinajstić information content (AvgIpc) is 2.02. The van der Waals surface area contributed by atoms with Gasteiger partial charge in [-0.25, -0.2) is 0 Å². The Bertz CT molecular complexity index is 342. The fourth-order valence-corrected chi connectivity index (χ4v) is 1.37. The van der Waals surface area contributed by atoms with Crippen molar-refractivity contribution in [3.63, 3.8) is 0 Å². The van der Waals surface area contributed by atoms with E-state index in [2.05, 4.69) is 0 Å². The summed E-state index contributed by atoms with van der Waals surface area (Å²) in [6, 6.07) is 2.44. The van der Waals surface area contributed by atoms with Crippen molar-refractivity contribution < 1.29 is 18.3 Å². The lowest BCUT2D eigenvalue weighted by Crippen LogP contribution is -2.09. The van der Waals surface area contributed by atoms with Crippen molar-refractivity contribution >= 4 is 0 Å². The van der Waals surface area contributed by atoms with Gasteiger partial charge in [0.25, 0.3) is 0 Å². The molecule has 0 aromatic heterocycles. The maximum absolute atomic E-state index is 12.4. The van der Waals surface area contributed by atoms with Gasteiger partial charge in [0.15, 0.2) is 0 Å². The van der Waals surface area contributed by atoms with E-state index in [4.69, 9.17) is 5.11 Å². The molecule has 0 radical (unpaired) electrons. The van der Waals surface area contributed by atoms with E-state index in [1.54, 1.807) is 6.92 Å². The highest BCUT2D eigenvalue weighted by Crippen LogP contribution is 2.33. The number of hydrogen-bond acceptors (Lipinski definition) is 1. The van der Waals surface area contributed by atoms with Gasteiger partial charge in [0, 0.05) is 0 Å². The molecule has 78 valence electrons. The first kappa shape index (κ1) is 11.0. The third-order valence-electron chi connectivity index (χ3n) is 2.16. The van der Waals surface area contributed by atoms with Crippen LogP contribution < -0.4 is 0 Å². The fraction of sp³-hybridized carbons (Fsp3) is 0.400. The van der Waals surface area contributed by atoms with Gasteiger partial charge in [0.05, 0.1) is 12.2 Å². The average molecular weight is 204 g/mol. The van der Waals surface area contributed by atoms with Crippen LogP contribution in [0.3, 0.4) is 0 Å². The van der Waals surface area contributed by atoms with Gasteiger partial charge in [-0.2, -0.15) is 13.2 Å². The Morgan fingerprint density at radius 3 is 2.14 bits per heavy atom. The molecule has 0 saturated carbocycles. The van der Waals surface area contributed by atoms with Gasteiger partial charge >= 0.3 is 6.18 Å². The lowest BCUT2D eigenvalue weighted by molar-refractivity contribution is -0.138. The predicted octanol–water partition coefficient (Wildman–Crippen LogP) is 2.81. The van der Waals surface area contributed by atoms with E-state index in [0.29, 0.717) is 11.1 Å².